The molecule has 2 nitrogen and oxygen atoms in total. The molecule has 0 bridgehead atoms. The van der Waals surface area contributed by atoms with Gasteiger partial charge in [-0.15, -0.1) is 0 Å². The molecular formula is C26H26O2. The highest BCUT2D eigenvalue weighted by atomic mass is 16.5. The van der Waals surface area contributed by atoms with Crippen LogP contribution < -0.4 is 0 Å². The number of aliphatic hydroxyl groups excluding tert-OH is 1. The van der Waals surface area contributed by atoms with Crippen molar-refractivity contribution in [1.29, 1.82) is 0 Å². The number of ether oxygens (including phenoxy) is 1. The van der Waals surface area contributed by atoms with Gasteiger partial charge in [0.05, 0.1) is 6.10 Å². The smallest absolute Gasteiger partial charge is 0.143 e. The Bertz CT molecular complexity index is 791. The van der Waals surface area contributed by atoms with Crippen molar-refractivity contribution in [2.75, 3.05) is 6.61 Å². The van der Waals surface area contributed by atoms with Gasteiger partial charge in [0.15, 0.2) is 0 Å². The zero-order chi connectivity index (χ0) is 19.2. The Morgan fingerprint density at radius 3 is 1.61 bits per heavy atom. The van der Waals surface area contributed by atoms with E-state index in [-0.39, 0.29) is 12.0 Å². The normalized spacial score (nSPS) is 19.0. The summed E-state index contributed by atoms with van der Waals surface area (Å²) in [4.78, 5) is 0. The zero-order valence-electron chi connectivity index (χ0n) is 15.9. The van der Waals surface area contributed by atoms with Crippen LogP contribution in [0.15, 0.2) is 103 Å². The Kier molecular flexibility index (Phi) is 5.70. The first-order valence-corrected chi connectivity index (χ1v) is 9.96. The Morgan fingerprint density at radius 1 is 0.750 bits per heavy atom. The van der Waals surface area contributed by atoms with Gasteiger partial charge in [0, 0.05) is 12.5 Å². The molecule has 0 amide bonds. The van der Waals surface area contributed by atoms with Crippen molar-refractivity contribution in [3.8, 4) is 0 Å². The summed E-state index contributed by atoms with van der Waals surface area (Å²) in [6.07, 6.45) is 5.43. The van der Waals surface area contributed by atoms with Crippen LogP contribution in [-0.4, -0.2) is 17.8 Å². The maximum atomic E-state index is 10.2. The summed E-state index contributed by atoms with van der Waals surface area (Å²) in [5.74, 6) is 0.167. The molecule has 0 radical (unpaired) electrons. The van der Waals surface area contributed by atoms with Gasteiger partial charge in [-0.3, -0.25) is 0 Å². The first-order valence-electron chi connectivity index (χ1n) is 9.96. The molecule has 3 aromatic rings. The second kappa shape index (κ2) is 8.55. The van der Waals surface area contributed by atoms with Gasteiger partial charge < -0.3 is 9.84 Å². The number of benzene rings is 3. The largest absolute Gasteiger partial charge is 0.392 e. The molecule has 4 rings (SSSR count). The second-order valence-electron chi connectivity index (χ2n) is 7.31. The van der Waals surface area contributed by atoms with E-state index in [0.717, 1.165) is 29.5 Å². The number of hydrogen-bond acceptors (Lipinski definition) is 2. The van der Waals surface area contributed by atoms with Crippen molar-refractivity contribution in [3.05, 3.63) is 120 Å². The molecule has 0 spiro atoms. The quantitative estimate of drug-likeness (QED) is 0.450. The van der Waals surface area contributed by atoms with E-state index in [4.69, 9.17) is 4.74 Å². The van der Waals surface area contributed by atoms with Crippen LogP contribution in [0.25, 0.3) is 0 Å². The van der Waals surface area contributed by atoms with E-state index >= 15 is 0 Å². The molecule has 0 saturated carbocycles. The minimum Gasteiger partial charge on any atom is -0.392 e. The van der Waals surface area contributed by atoms with E-state index in [1.165, 1.54) is 0 Å². The van der Waals surface area contributed by atoms with Crippen LogP contribution in [0.4, 0.5) is 0 Å². The summed E-state index contributed by atoms with van der Waals surface area (Å²) in [5, 5.41) is 10.2. The second-order valence-corrected chi connectivity index (χ2v) is 7.31. The lowest BCUT2D eigenvalue weighted by Gasteiger charge is -2.36. The van der Waals surface area contributed by atoms with Crippen LogP contribution in [0.2, 0.25) is 0 Å². The van der Waals surface area contributed by atoms with Gasteiger partial charge >= 0.3 is 0 Å². The average molecular weight is 370 g/mol. The SMILES string of the molecule is O[C@H]1CC=C[C@H]1CCOC(c1ccccc1)(c1ccccc1)c1ccccc1. The van der Waals surface area contributed by atoms with Crippen molar-refractivity contribution in [1.82, 2.24) is 0 Å². The van der Waals surface area contributed by atoms with Crippen LogP contribution >= 0.6 is 0 Å². The fourth-order valence-electron chi connectivity index (χ4n) is 4.10. The van der Waals surface area contributed by atoms with Crippen LogP contribution in [0.1, 0.15) is 29.5 Å². The third-order valence-corrected chi connectivity index (χ3v) is 5.57. The molecular weight excluding hydrogens is 344 g/mol. The highest BCUT2D eigenvalue weighted by Crippen LogP contribution is 2.40. The first kappa shape index (κ1) is 18.7. The predicted molar refractivity (Wildman–Crippen MR) is 113 cm³/mol. The lowest BCUT2D eigenvalue weighted by Crippen LogP contribution is -2.34. The van der Waals surface area contributed by atoms with E-state index in [1.807, 2.05) is 18.2 Å². The molecule has 2 atom stereocenters. The molecule has 0 aliphatic heterocycles. The number of aliphatic hydroxyl groups is 1. The first-order chi connectivity index (χ1) is 13.8. The van der Waals surface area contributed by atoms with Gasteiger partial charge in [-0.25, -0.2) is 0 Å². The molecule has 0 fully saturated rings. The molecule has 28 heavy (non-hydrogen) atoms. The molecule has 0 aromatic heterocycles. The zero-order valence-corrected chi connectivity index (χ0v) is 15.9. The van der Waals surface area contributed by atoms with Gasteiger partial charge in [0.1, 0.15) is 5.60 Å². The van der Waals surface area contributed by atoms with Gasteiger partial charge in [0.25, 0.3) is 0 Å². The molecule has 1 aliphatic rings. The van der Waals surface area contributed by atoms with Crippen LogP contribution in [0.3, 0.4) is 0 Å². The number of hydrogen-bond donors (Lipinski definition) is 1. The van der Waals surface area contributed by atoms with Crippen molar-refractivity contribution in [3.63, 3.8) is 0 Å². The fraction of sp³-hybridized carbons (Fsp3) is 0.231. The topological polar surface area (TPSA) is 29.5 Å². The highest BCUT2D eigenvalue weighted by molar-refractivity contribution is 5.47. The molecule has 0 unspecified atom stereocenters. The van der Waals surface area contributed by atoms with Gasteiger partial charge in [-0.05, 0) is 29.5 Å². The molecule has 0 saturated heterocycles. The molecule has 1 aliphatic carbocycles. The third-order valence-electron chi connectivity index (χ3n) is 5.57. The number of rotatable bonds is 7. The summed E-state index contributed by atoms with van der Waals surface area (Å²) in [6.45, 7) is 0.560. The molecule has 142 valence electrons. The predicted octanol–water partition coefficient (Wildman–Crippen LogP) is 5.32. The van der Waals surface area contributed by atoms with E-state index in [1.54, 1.807) is 0 Å². The van der Waals surface area contributed by atoms with E-state index in [9.17, 15) is 5.11 Å². The van der Waals surface area contributed by atoms with Crippen molar-refractivity contribution in [2.45, 2.75) is 24.5 Å². The molecule has 3 aromatic carbocycles. The molecule has 1 N–H and O–H groups in total. The van der Waals surface area contributed by atoms with E-state index in [0.29, 0.717) is 6.61 Å². The Balaban J connectivity index is 1.75. The van der Waals surface area contributed by atoms with Crippen LogP contribution in [0, 0.1) is 5.92 Å². The van der Waals surface area contributed by atoms with Crippen molar-refractivity contribution >= 4 is 0 Å². The van der Waals surface area contributed by atoms with Gasteiger partial charge in [0.2, 0.25) is 0 Å². The average Bonchev–Trinajstić information content (AvgIpc) is 3.18. The molecule has 0 heterocycles. The maximum absolute atomic E-state index is 10.2. The van der Waals surface area contributed by atoms with Crippen LogP contribution in [-0.2, 0) is 10.3 Å². The monoisotopic (exact) mass is 370 g/mol. The summed E-state index contributed by atoms with van der Waals surface area (Å²) in [7, 11) is 0. The Labute approximate surface area is 167 Å². The third kappa shape index (κ3) is 3.66. The minimum absolute atomic E-state index is 0.167. The summed E-state index contributed by atoms with van der Waals surface area (Å²) < 4.78 is 6.75. The van der Waals surface area contributed by atoms with Gasteiger partial charge in [-0.2, -0.15) is 0 Å². The lowest BCUT2D eigenvalue weighted by atomic mass is 9.80. The van der Waals surface area contributed by atoms with E-state index < -0.39 is 5.60 Å². The lowest BCUT2D eigenvalue weighted by molar-refractivity contribution is 0.000435. The maximum Gasteiger partial charge on any atom is 0.143 e. The molecule has 2 heteroatoms. The van der Waals surface area contributed by atoms with Crippen molar-refractivity contribution < 1.29 is 9.84 Å². The Hall–Kier alpha value is -2.68. The van der Waals surface area contributed by atoms with Gasteiger partial charge in [-0.1, -0.05) is 103 Å². The summed E-state index contributed by atoms with van der Waals surface area (Å²) >= 11 is 0. The van der Waals surface area contributed by atoms with Crippen molar-refractivity contribution in [2.24, 2.45) is 5.92 Å². The highest BCUT2D eigenvalue weighted by Gasteiger charge is 2.37. The summed E-state index contributed by atoms with van der Waals surface area (Å²) in [6, 6.07) is 31.2. The Morgan fingerprint density at radius 2 is 1.21 bits per heavy atom. The van der Waals surface area contributed by atoms with Crippen LogP contribution in [0.5, 0.6) is 0 Å². The van der Waals surface area contributed by atoms with E-state index in [2.05, 4.69) is 84.9 Å². The minimum atomic E-state index is -0.683. The summed E-state index contributed by atoms with van der Waals surface area (Å²) in [5.41, 5.74) is 2.64. The standard InChI is InChI=1S/C26H26O2/c27-25-18-10-11-21(25)19-20-28-26(22-12-4-1-5-13-22,23-14-6-2-7-15-23)24-16-8-3-9-17-24/h1-17,21,25,27H,18-20H2/t21-,25-/m0/s1. The fourth-order valence-corrected chi connectivity index (χ4v) is 4.10.